The summed E-state index contributed by atoms with van der Waals surface area (Å²) in [5.74, 6) is -3.34. The van der Waals surface area contributed by atoms with Gasteiger partial charge in [-0.3, -0.25) is 10.1 Å². The molecule has 0 aromatic heterocycles. The Labute approximate surface area is 152 Å². The van der Waals surface area contributed by atoms with Gasteiger partial charge in [0.15, 0.2) is 0 Å². The first-order valence-corrected chi connectivity index (χ1v) is 8.20. The zero-order valence-electron chi connectivity index (χ0n) is 14.0. The summed E-state index contributed by atoms with van der Waals surface area (Å²) in [5, 5.41) is 11.2. The predicted molar refractivity (Wildman–Crippen MR) is 91.7 cm³/mol. The summed E-state index contributed by atoms with van der Waals surface area (Å²) in [4.78, 5) is 14.0. The van der Waals surface area contributed by atoms with Crippen molar-refractivity contribution >= 4 is 11.7 Å². The molecule has 0 radical (unpaired) electrons. The van der Waals surface area contributed by atoms with Crippen LogP contribution in [-0.4, -0.2) is 23.4 Å². The van der Waals surface area contributed by atoms with E-state index in [2.05, 4.69) is 4.99 Å². The van der Waals surface area contributed by atoms with E-state index in [4.69, 9.17) is 15.2 Å². The quantitative estimate of drug-likeness (QED) is 0.641. The Bertz CT molecular complexity index is 935. The number of amidine groups is 1. The molecule has 140 valence electrons. The highest BCUT2D eigenvalue weighted by Gasteiger charge is 2.63. The molecule has 7 nitrogen and oxygen atoms in total. The third-order valence-electron chi connectivity index (χ3n) is 4.83. The SMILES string of the molecule is NC1=NCC(F)(F)[C@]2(CC(c3ccccc3)Oc3ccc([N+](=O)[O-])cc32)O1. The molecule has 2 aliphatic rings. The molecule has 0 aliphatic carbocycles. The van der Waals surface area contributed by atoms with E-state index >= 15 is 8.78 Å². The molecule has 0 amide bonds. The van der Waals surface area contributed by atoms with Crippen molar-refractivity contribution in [2.75, 3.05) is 6.54 Å². The highest BCUT2D eigenvalue weighted by molar-refractivity contribution is 5.73. The summed E-state index contributed by atoms with van der Waals surface area (Å²) in [6.45, 7) is -0.873. The van der Waals surface area contributed by atoms with E-state index < -0.39 is 29.1 Å². The van der Waals surface area contributed by atoms with Crippen LogP contribution in [0, 0.1) is 10.1 Å². The molecule has 27 heavy (non-hydrogen) atoms. The summed E-state index contributed by atoms with van der Waals surface area (Å²) < 4.78 is 41.5. The van der Waals surface area contributed by atoms with Crippen LogP contribution in [0.2, 0.25) is 0 Å². The number of nitro groups is 1. The van der Waals surface area contributed by atoms with Gasteiger partial charge in [-0.2, -0.15) is 8.78 Å². The maximum Gasteiger partial charge on any atom is 0.310 e. The van der Waals surface area contributed by atoms with Crippen LogP contribution in [-0.2, 0) is 10.3 Å². The summed E-state index contributed by atoms with van der Waals surface area (Å²) in [6.07, 6.45) is -1.01. The van der Waals surface area contributed by atoms with Crippen molar-refractivity contribution in [1.29, 1.82) is 0 Å². The van der Waals surface area contributed by atoms with Crippen molar-refractivity contribution in [3.05, 3.63) is 69.8 Å². The van der Waals surface area contributed by atoms with Crippen LogP contribution < -0.4 is 10.5 Å². The number of ether oxygens (including phenoxy) is 2. The molecule has 1 unspecified atom stereocenters. The first-order valence-electron chi connectivity index (χ1n) is 8.20. The third-order valence-corrected chi connectivity index (χ3v) is 4.83. The molecule has 2 aliphatic heterocycles. The lowest BCUT2D eigenvalue weighted by Gasteiger charge is -2.47. The lowest BCUT2D eigenvalue weighted by Crippen LogP contribution is -2.57. The number of nitro benzene ring substituents is 1. The van der Waals surface area contributed by atoms with Crippen molar-refractivity contribution in [2.24, 2.45) is 10.7 Å². The van der Waals surface area contributed by atoms with Crippen molar-refractivity contribution < 1.29 is 23.2 Å². The van der Waals surface area contributed by atoms with Crippen LogP contribution in [0.15, 0.2) is 53.5 Å². The summed E-state index contributed by atoms with van der Waals surface area (Å²) in [7, 11) is 0. The molecular formula is C18H15F2N3O4. The minimum atomic E-state index is -3.43. The number of hydrogen-bond acceptors (Lipinski definition) is 6. The van der Waals surface area contributed by atoms with Gasteiger partial charge < -0.3 is 15.2 Å². The van der Waals surface area contributed by atoms with E-state index in [1.54, 1.807) is 30.3 Å². The smallest absolute Gasteiger partial charge is 0.310 e. The van der Waals surface area contributed by atoms with Crippen molar-refractivity contribution in [3.63, 3.8) is 0 Å². The van der Waals surface area contributed by atoms with Gasteiger partial charge in [-0.15, -0.1) is 0 Å². The number of aliphatic imine (C=N–C) groups is 1. The molecule has 2 heterocycles. The number of alkyl halides is 2. The molecule has 0 fully saturated rings. The van der Waals surface area contributed by atoms with E-state index in [1.165, 1.54) is 12.1 Å². The van der Waals surface area contributed by atoms with Crippen LogP contribution in [0.1, 0.15) is 23.7 Å². The number of rotatable bonds is 2. The molecule has 2 N–H and O–H groups in total. The molecule has 4 rings (SSSR count). The van der Waals surface area contributed by atoms with Crippen LogP contribution >= 0.6 is 0 Å². The number of fused-ring (bicyclic) bond motifs is 2. The zero-order valence-corrected chi connectivity index (χ0v) is 14.0. The zero-order chi connectivity index (χ0) is 19.2. The van der Waals surface area contributed by atoms with Crippen LogP contribution in [0.3, 0.4) is 0 Å². The lowest BCUT2D eigenvalue weighted by atomic mass is 9.77. The van der Waals surface area contributed by atoms with Crippen LogP contribution in [0.25, 0.3) is 0 Å². The molecule has 2 aromatic rings. The van der Waals surface area contributed by atoms with Gasteiger partial charge in [0.25, 0.3) is 11.7 Å². The van der Waals surface area contributed by atoms with E-state index in [9.17, 15) is 10.1 Å². The van der Waals surface area contributed by atoms with Gasteiger partial charge >= 0.3 is 5.92 Å². The van der Waals surface area contributed by atoms with E-state index in [0.717, 1.165) is 6.07 Å². The summed E-state index contributed by atoms with van der Waals surface area (Å²) in [6, 6.07) is 12.1. The predicted octanol–water partition coefficient (Wildman–Crippen LogP) is 3.29. The molecule has 9 heteroatoms. The Morgan fingerprint density at radius 1 is 1.22 bits per heavy atom. The first-order chi connectivity index (χ1) is 12.8. The highest BCUT2D eigenvalue weighted by atomic mass is 19.3. The Kier molecular flexibility index (Phi) is 3.76. The minimum absolute atomic E-state index is 0.0927. The third kappa shape index (κ3) is 2.66. The summed E-state index contributed by atoms with van der Waals surface area (Å²) >= 11 is 0. The maximum atomic E-state index is 15.1. The average Bonchev–Trinajstić information content (AvgIpc) is 2.65. The monoisotopic (exact) mass is 375 g/mol. The van der Waals surface area contributed by atoms with Gasteiger partial charge in [-0.1, -0.05) is 30.3 Å². The molecule has 1 spiro atoms. The fourth-order valence-electron chi connectivity index (χ4n) is 3.50. The first kappa shape index (κ1) is 17.2. The Balaban J connectivity index is 1.91. The number of non-ortho nitro benzene ring substituents is 1. The van der Waals surface area contributed by atoms with Crippen molar-refractivity contribution in [2.45, 2.75) is 24.0 Å². The lowest BCUT2D eigenvalue weighted by molar-refractivity contribution is -0.385. The molecule has 0 saturated heterocycles. The molecule has 0 saturated carbocycles. The minimum Gasteiger partial charge on any atom is -0.485 e. The van der Waals surface area contributed by atoms with E-state index in [1.807, 2.05) is 0 Å². The van der Waals surface area contributed by atoms with Gasteiger partial charge in [0.1, 0.15) is 18.4 Å². The number of nitrogens with zero attached hydrogens (tertiary/aromatic N) is 2. The second-order valence-electron chi connectivity index (χ2n) is 6.45. The Morgan fingerprint density at radius 2 is 1.96 bits per heavy atom. The molecule has 2 atom stereocenters. The van der Waals surface area contributed by atoms with E-state index in [0.29, 0.717) is 5.56 Å². The number of benzene rings is 2. The second-order valence-corrected chi connectivity index (χ2v) is 6.45. The maximum absolute atomic E-state index is 15.1. The summed E-state index contributed by atoms with van der Waals surface area (Å²) in [5.41, 5.74) is 3.65. The largest absolute Gasteiger partial charge is 0.485 e. The molecular weight excluding hydrogens is 360 g/mol. The van der Waals surface area contributed by atoms with Crippen molar-refractivity contribution in [3.8, 4) is 5.75 Å². The van der Waals surface area contributed by atoms with Gasteiger partial charge in [0.2, 0.25) is 5.60 Å². The Hall–Kier alpha value is -3.23. The average molecular weight is 375 g/mol. The molecule has 2 aromatic carbocycles. The molecule has 0 bridgehead atoms. The topological polar surface area (TPSA) is 100.0 Å². The van der Waals surface area contributed by atoms with Gasteiger partial charge in [0.05, 0.1) is 10.5 Å². The van der Waals surface area contributed by atoms with Gasteiger partial charge in [-0.25, -0.2) is 4.99 Å². The number of hydrogen-bond donors (Lipinski definition) is 1. The van der Waals surface area contributed by atoms with Crippen LogP contribution in [0.5, 0.6) is 5.75 Å². The van der Waals surface area contributed by atoms with Crippen LogP contribution in [0.4, 0.5) is 14.5 Å². The van der Waals surface area contributed by atoms with Crippen molar-refractivity contribution in [1.82, 2.24) is 0 Å². The van der Waals surface area contributed by atoms with Gasteiger partial charge in [-0.05, 0) is 11.6 Å². The fraction of sp³-hybridized carbons (Fsp3) is 0.278. The van der Waals surface area contributed by atoms with Gasteiger partial charge in [0, 0.05) is 18.6 Å². The highest BCUT2D eigenvalue weighted by Crippen LogP contribution is 2.55. The number of halogens is 2. The Morgan fingerprint density at radius 3 is 2.67 bits per heavy atom. The standard InChI is InChI=1S/C18H15F2N3O4/c19-18(20)10-22-16(21)27-17(18)9-15(11-4-2-1-3-5-11)26-14-7-6-12(23(24)25)8-13(14)17/h1-8,15H,9-10H2,(H2,21,22)/t15?,17-/m1/s1. The normalized spacial score (nSPS) is 25.7. The second kappa shape index (κ2) is 5.90. The van der Waals surface area contributed by atoms with E-state index in [-0.39, 0.29) is 29.4 Å². The fourth-order valence-corrected chi connectivity index (χ4v) is 3.50. The number of nitrogens with two attached hydrogens (primary N) is 1.